The van der Waals surface area contributed by atoms with Crippen LogP contribution in [0.2, 0.25) is 0 Å². The molecule has 1 aliphatic heterocycles. The van der Waals surface area contributed by atoms with E-state index in [0.29, 0.717) is 5.92 Å². The molecular weight excluding hydrogens is 234 g/mol. The summed E-state index contributed by atoms with van der Waals surface area (Å²) in [5.41, 5.74) is 2.21. The van der Waals surface area contributed by atoms with Crippen molar-refractivity contribution in [1.82, 2.24) is 15.3 Å². The molecule has 0 amide bonds. The standard InChI is InChI=1S/C12H15N3OS/c1-8-6-17-11-10(8)14-7-15-12(11)16-5-9-2-3-13-4-9/h6-7,9,13H,2-5H2,1H3. The first-order valence-electron chi connectivity index (χ1n) is 5.87. The van der Waals surface area contributed by atoms with Gasteiger partial charge in [0, 0.05) is 12.5 Å². The van der Waals surface area contributed by atoms with E-state index in [2.05, 4.69) is 27.6 Å². The number of aromatic nitrogens is 2. The van der Waals surface area contributed by atoms with Crippen molar-refractivity contribution in [1.29, 1.82) is 0 Å². The summed E-state index contributed by atoms with van der Waals surface area (Å²) in [6.07, 6.45) is 2.78. The highest BCUT2D eigenvalue weighted by molar-refractivity contribution is 7.17. The Hall–Kier alpha value is -1.20. The molecule has 3 rings (SSSR count). The monoisotopic (exact) mass is 249 g/mol. The first-order chi connectivity index (χ1) is 8.34. The lowest BCUT2D eigenvalue weighted by Gasteiger charge is -2.10. The number of aryl methyl sites for hydroxylation is 1. The average Bonchev–Trinajstić information content (AvgIpc) is 2.97. The number of ether oxygens (including phenoxy) is 1. The minimum absolute atomic E-state index is 0.612. The van der Waals surface area contributed by atoms with E-state index in [1.165, 1.54) is 12.0 Å². The van der Waals surface area contributed by atoms with E-state index in [9.17, 15) is 0 Å². The van der Waals surface area contributed by atoms with Gasteiger partial charge in [0.2, 0.25) is 5.88 Å². The first-order valence-corrected chi connectivity index (χ1v) is 6.75. The van der Waals surface area contributed by atoms with Crippen LogP contribution < -0.4 is 10.1 Å². The fraction of sp³-hybridized carbons (Fsp3) is 0.500. The van der Waals surface area contributed by atoms with Crippen molar-refractivity contribution in [2.24, 2.45) is 5.92 Å². The van der Waals surface area contributed by atoms with Crippen LogP contribution in [0.1, 0.15) is 12.0 Å². The van der Waals surface area contributed by atoms with Crippen molar-refractivity contribution < 1.29 is 4.74 Å². The SMILES string of the molecule is Cc1csc2c(OCC3CCNC3)ncnc12. The highest BCUT2D eigenvalue weighted by atomic mass is 32.1. The predicted molar refractivity (Wildman–Crippen MR) is 68.6 cm³/mol. The van der Waals surface area contributed by atoms with Gasteiger partial charge < -0.3 is 10.1 Å². The predicted octanol–water partition coefficient (Wildman–Crippen LogP) is 1.99. The van der Waals surface area contributed by atoms with Crippen LogP contribution in [0.3, 0.4) is 0 Å². The smallest absolute Gasteiger partial charge is 0.234 e. The molecule has 1 saturated heterocycles. The molecule has 90 valence electrons. The van der Waals surface area contributed by atoms with Crippen molar-refractivity contribution in [2.45, 2.75) is 13.3 Å². The summed E-state index contributed by atoms with van der Waals surface area (Å²) in [6, 6.07) is 0. The van der Waals surface area contributed by atoms with Gasteiger partial charge in [0.25, 0.3) is 0 Å². The third-order valence-corrected chi connectivity index (χ3v) is 4.19. The minimum atomic E-state index is 0.612. The molecule has 3 heterocycles. The lowest BCUT2D eigenvalue weighted by atomic mass is 10.1. The Bertz CT molecular complexity index is 519. The fourth-order valence-corrected chi connectivity index (χ4v) is 3.05. The summed E-state index contributed by atoms with van der Waals surface area (Å²) in [5, 5.41) is 5.44. The van der Waals surface area contributed by atoms with Gasteiger partial charge in [-0.2, -0.15) is 0 Å². The van der Waals surface area contributed by atoms with Crippen LogP contribution in [0, 0.1) is 12.8 Å². The first kappa shape index (κ1) is 10.9. The van der Waals surface area contributed by atoms with Gasteiger partial charge in [-0.1, -0.05) is 0 Å². The molecular formula is C12H15N3OS. The van der Waals surface area contributed by atoms with E-state index >= 15 is 0 Å². The molecule has 0 saturated carbocycles. The van der Waals surface area contributed by atoms with Crippen molar-refractivity contribution in [3.8, 4) is 5.88 Å². The lowest BCUT2D eigenvalue weighted by Crippen LogP contribution is -2.15. The Kier molecular flexibility index (Phi) is 2.94. The van der Waals surface area contributed by atoms with Gasteiger partial charge >= 0.3 is 0 Å². The molecule has 2 aromatic heterocycles. The van der Waals surface area contributed by atoms with Gasteiger partial charge in [-0.3, -0.25) is 0 Å². The zero-order valence-corrected chi connectivity index (χ0v) is 10.6. The number of nitrogens with zero attached hydrogens (tertiary/aromatic N) is 2. The second-order valence-electron chi connectivity index (χ2n) is 4.45. The van der Waals surface area contributed by atoms with Gasteiger partial charge in [-0.25, -0.2) is 9.97 Å². The van der Waals surface area contributed by atoms with Crippen LogP contribution in [0.5, 0.6) is 5.88 Å². The summed E-state index contributed by atoms with van der Waals surface area (Å²) >= 11 is 1.66. The van der Waals surface area contributed by atoms with Crippen molar-refractivity contribution >= 4 is 21.6 Å². The minimum Gasteiger partial charge on any atom is -0.476 e. The van der Waals surface area contributed by atoms with Crippen LogP contribution in [0.15, 0.2) is 11.7 Å². The Morgan fingerprint density at radius 3 is 3.29 bits per heavy atom. The number of hydrogen-bond acceptors (Lipinski definition) is 5. The molecule has 0 bridgehead atoms. The van der Waals surface area contributed by atoms with Gasteiger partial charge in [0.15, 0.2) is 0 Å². The molecule has 1 unspecified atom stereocenters. The van der Waals surface area contributed by atoms with E-state index in [0.717, 1.165) is 35.8 Å². The molecule has 1 N–H and O–H groups in total. The van der Waals surface area contributed by atoms with Gasteiger partial charge in [-0.15, -0.1) is 11.3 Å². The van der Waals surface area contributed by atoms with Crippen LogP contribution in [0.4, 0.5) is 0 Å². The summed E-state index contributed by atoms with van der Waals surface area (Å²) in [5.74, 6) is 1.35. The molecule has 1 aliphatic rings. The molecule has 4 nitrogen and oxygen atoms in total. The Morgan fingerprint density at radius 1 is 1.53 bits per heavy atom. The number of hydrogen-bond donors (Lipinski definition) is 1. The molecule has 0 radical (unpaired) electrons. The summed E-state index contributed by atoms with van der Waals surface area (Å²) in [4.78, 5) is 8.53. The van der Waals surface area contributed by atoms with E-state index in [4.69, 9.17) is 4.74 Å². The van der Waals surface area contributed by atoms with E-state index in [-0.39, 0.29) is 0 Å². The number of rotatable bonds is 3. The Balaban J connectivity index is 1.79. The maximum atomic E-state index is 5.84. The maximum absolute atomic E-state index is 5.84. The van der Waals surface area contributed by atoms with E-state index in [1.54, 1.807) is 17.7 Å². The molecule has 0 aliphatic carbocycles. The highest BCUT2D eigenvalue weighted by Gasteiger charge is 2.16. The lowest BCUT2D eigenvalue weighted by molar-refractivity contribution is 0.254. The third kappa shape index (κ3) is 2.12. The zero-order chi connectivity index (χ0) is 11.7. The normalized spacial score (nSPS) is 19.9. The van der Waals surface area contributed by atoms with Crippen LogP contribution >= 0.6 is 11.3 Å². The van der Waals surface area contributed by atoms with E-state index in [1.807, 2.05) is 0 Å². The highest BCUT2D eigenvalue weighted by Crippen LogP contribution is 2.30. The zero-order valence-electron chi connectivity index (χ0n) is 9.77. The molecule has 0 spiro atoms. The largest absolute Gasteiger partial charge is 0.476 e. The maximum Gasteiger partial charge on any atom is 0.234 e. The topological polar surface area (TPSA) is 47.0 Å². The molecule has 17 heavy (non-hydrogen) atoms. The Labute approximate surface area is 104 Å². The molecule has 2 aromatic rings. The fourth-order valence-electron chi connectivity index (χ4n) is 2.10. The van der Waals surface area contributed by atoms with Crippen LogP contribution in [-0.2, 0) is 0 Å². The molecule has 0 aromatic carbocycles. The average molecular weight is 249 g/mol. The quantitative estimate of drug-likeness (QED) is 0.903. The van der Waals surface area contributed by atoms with Crippen molar-refractivity contribution in [2.75, 3.05) is 19.7 Å². The summed E-state index contributed by atoms with van der Waals surface area (Å²) in [7, 11) is 0. The van der Waals surface area contributed by atoms with Gasteiger partial charge in [0.1, 0.15) is 11.0 Å². The number of fused-ring (bicyclic) bond motifs is 1. The van der Waals surface area contributed by atoms with E-state index < -0.39 is 0 Å². The van der Waals surface area contributed by atoms with Crippen LogP contribution in [0.25, 0.3) is 10.2 Å². The molecule has 1 fully saturated rings. The second-order valence-corrected chi connectivity index (χ2v) is 5.32. The van der Waals surface area contributed by atoms with Crippen molar-refractivity contribution in [3.05, 3.63) is 17.3 Å². The number of thiophene rings is 1. The summed E-state index contributed by atoms with van der Waals surface area (Å²) < 4.78 is 6.90. The van der Waals surface area contributed by atoms with Gasteiger partial charge in [-0.05, 0) is 30.8 Å². The van der Waals surface area contributed by atoms with Crippen LogP contribution in [-0.4, -0.2) is 29.7 Å². The Morgan fingerprint density at radius 2 is 2.47 bits per heavy atom. The second kappa shape index (κ2) is 4.58. The van der Waals surface area contributed by atoms with Gasteiger partial charge in [0.05, 0.1) is 12.1 Å². The van der Waals surface area contributed by atoms with Crippen molar-refractivity contribution in [3.63, 3.8) is 0 Å². The third-order valence-electron chi connectivity index (χ3n) is 3.12. The number of nitrogens with one attached hydrogen (secondary N) is 1. The molecule has 1 atom stereocenters. The summed E-state index contributed by atoms with van der Waals surface area (Å²) in [6.45, 7) is 4.97. The molecule has 5 heteroatoms.